The normalized spacial score (nSPS) is 11.4. The Morgan fingerprint density at radius 3 is 2.19 bits per heavy atom. The fraction of sp³-hybridized carbons (Fsp3) is 0.538. The molecule has 90 valence electrons. The predicted octanol–water partition coefficient (Wildman–Crippen LogP) is 2.21. The molecule has 0 fully saturated rings. The van der Waals surface area contributed by atoms with Gasteiger partial charge in [-0.1, -0.05) is 19.1 Å². The van der Waals surface area contributed by atoms with Gasteiger partial charge in [0.1, 0.15) is 5.82 Å². The highest BCUT2D eigenvalue weighted by Crippen LogP contribution is 2.06. The molecule has 16 heavy (non-hydrogen) atoms. The Labute approximate surface area is 97.7 Å². The first-order valence-electron chi connectivity index (χ1n) is 5.73. The smallest absolute Gasteiger partial charge is 0.123 e. The zero-order valence-corrected chi connectivity index (χ0v) is 10.4. The summed E-state index contributed by atoms with van der Waals surface area (Å²) in [6.45, 7) is 6.16. The second kappa shape index (κ2) is 6.61. The molecule has 1 rings (SSSR count). The molecule has 0 bridgehead atoms. The van der Waals surface area contributed by atoms with E-state index in [9.17, 15) is 4.39 Å². The quantitative estimate of drug-likeness (QED) is 0.731. The molecule has 0 spiro atoms. The van der Waals surface area contributed by atoms with Crippen molar-refractivity contribution in [1.82, 2.24) is 9.80 Å². The van der Waals surface area contributed by atoms with Crippen molar-refractivity contribution >= 4 is 0 Å². The molecule has 0 atom stereocenters. The van der Waals surface area contributed by atoms with Crippen LogP contribution in [0.15, 0.2) is 24.3 Å². The van der Waals surface area contributed by atoms with E-state index in [1.54, 1.807) is 0 Å². The number of likely N-dealkylation sites (N-methyl/N-ethyl adjacent to an activating group) is 2. The summed E-state index contributed by atoms with van der Waals surface area (Å²) in [6, 6.07) is 6.76. The van der Waals surface area contributed by atoms with E-state index in [1.165, 1.54) is 17.7 Å². The third kappa shape index (κ3) is 4.73. The predicted molar refractivity (Wildman–Crippen MR) is 65.9 cm³/mol. The average molecular weight is 224 g/mol. The van der Waals surface area contributed by atoms with Crippen LogP contribution in [-0.4, -0.2) is 43.5 Å². The molecule has 0 aromatic heterocycles. The van der Waals surface area contributed by atoms with Crippen molar-refractivity contribution in [2.75, 3.05) is 33.7 Å². The van der Waals surface area contributed by atoms with Gasteiger partial charge in [-0.25, -0.2) is 4.39 Å². The molecular formula is C13H21FN2. The van der Waals surface area contributed by atoms with Crippen molar-refractivity contribution in [3.63, 3.8) is 0 Å². The molecule has 0 aliphatic rings. The number of halogens is 1. The lowest BCUT2D eigenvalue weighted by Crippen LogP contribution is -2.31. The van der Waals surface area contributed by atoms with E-state index in [4.69, 9.17) is 0 Å². The van der Waals surface area contributed by atoms with E-state index in [-0.39, 0.29) is 5.82 Å². The highest BCUT2D eigenvalue weighted by atomic mass is 19.1. The highest BCUT2D eigenvalue weighted by Gasteiger charge is 2.04. The van der Waals surface area contributed by atoms with Crippen LogP contribution in [0.25, 0.3) is 0 Å². The Balaban J connectivity index is 2.46. The standard InChI is InChI=1S/C13H21FN2/c1-4-16(10-9-15(2)3)11-12-5-7-13(14)8-6-12/h5-8H,4,9-11H2,1-3H3. The number of benzene rings is 1. The zero-order valence-electron chi connectivity index (χ0n) is 10.4. The maximum Gasteiger partial charge on any atom is 0.123 e. The van der Waals surface area contributed by atoms with E-state index in [1.807, 2.05) is 12.1 Å². The summed E-state index contributed by atoms with van der Waals surface area (Å²) in [6.07, 6.45) is 0. The monoisotopic (exact) mass is 224 g/mol. The summed E-state index contributed by atoms with van der Waals surface area (Å²) in [5.41, 5.74) is 1.17. The molecular weight excluding hydrogens is 203 g/mol. The Hall–Kier alpha value is -0.930. The van der Waals surface area contributed by atoms with Crippen molar-refractivity contribution in [3.8, 4) is 0 Å². The molecule has 0 amide bonds. The molecule has 0 saturated carbocycles. The Morgan fingerprint density at radius 1 is 1.06 bits per heavy atom. The van der Waals surface area contributed by atoms with Gasteiger partial charge in [0.2, 0.25) is 0 Å². The van der Waals surface area contributed by atoms with Crippen molar-refractivity contribution < 1.29 is 4.39 Å². The summed E-state index contributed by atoms with van der Waals surface area (Å²) in [5.74, 6) is -0.167. The zero-order chi connectivity index (χ0) is 12.0. The second-order valence-corrected chi connectivity index (χ2v) is 4.30. The molecule has 0 saturated heterocycles. The molecule has 2 nitrogen and oxygen atoms in total. The minimum Gasteiger partial charge on any atom is -0.308 e. The minimum atomic E-state index is -0.167. The topological polar surface area (TPSA) is 6.48 Å². The van der Waals surface area contributed by atoms with Crippen molar-refractivity contribution in [2.24, 2.45) is 0 Å². The number of nitrogens with zero attached hydrogens (tertiary/aromatic N) is 2. The van der Waals surface area contributed by atoms with E-state index < -0.39 is 0 Å². The van der Waals surface area contributed by atoms with Crippen molar-refractivity contribution in [3.05, 3.63) is 35.6 Å². The van der Waals surface area contributed by atoms with Crippen LogP contribution in [-0.2, 0) is 6.54 Å². The van der Waals surface area contributed by atoms with Crippen LogP contribution < -0.4 is 0 Å². The van der Waals surface area contributed by atoms with Gasteiger partial charge in [-0.15, -0.1) is 0 Å². The van der Waals surface area contributed by atoms with Gasteiger partial charge < -0.3 is 4.90 Å². The molecule has 0 radical (unpaired) electrons. The van der Waals surface area contributed by atoms with Crippen LogP contribution in [0.2, 0.25) is 0 Å². The maximum atomic E-state index is 12.7. The first-order chi connectivity index (χ1) is 7.61. The van der Waals surface area contributed by atoms with Crippen LogP contribution in [0, 0.1) is 5.82 Å². The third-order valence-electron chi connectivity index (χ3n) is 2.63. The SMILES string of the molecule is CCN(CCN(C)C)Cc1ccc(F)cc1. The van der Waals surface area contributed by atoms with Gasteiger partial charge in [-0.05, 0) is 38.3 Å². The molecule has 1 aromatic carbocycles. The summed E-state index contributed by atoms with van der Waals surface area (Å²) < 4.78 is 12.7. The highest BCUT2D eigenvalue weighted by molar-refractivity contribution is 5.15. The van der Waals surface area contributed by atoms with E-state index in [0.29, 0.717) is 0 Å². The lowest BCUT2D eigenvalue weighted by atomic mass is 10.2. The van der Waals surface area contributed by atoms with Gasteiger partial charge in [-0.3, -0.25) is 4.90 Å². The van der Waals surface area contributed by atoms with Crippen LogP contribution in [0.1, 0.15) is 12.5 Å². The molecule has 0 N–H and O–H groups in total. The van der Waals surface area contributed by atoms with Crippen LogP contribution in [0.4, 0.5) is 4.39 Å². The molecule has 0 aliphatic carbocycles. The minimum absolute atomic E-state index is 0.167. The largest absolute Gasteiger partial charge is 0.308 e. The van der Waals surface area contributed by atoms with Gasteiger partial charge in [0.25, 0.3) is 0 Å². The number of hydrogen-bond acceptors (Lipinski definition) is 2. The lowest BCUT2D eigenvalue weighted by molar-refractivity contribution is 0.244. The Kier molecular flexibility index (Phi) is 5.43. The Morgan fingerprint density at radius 2 is 1.69 bits per heavy atom. The Bertz CT molecular complexity index is 295. The fourth-order valence-electron chi connectivity index (χ4n) is 1.54. The second-order valence-electron chi connectivity index (χ2n) is 4.30. The van der Waals surface area contributed by atoms with Crippen LogP contribution in [0.3, 0.4) is 0 Å². The average Bonchev–Trinajstić information content (AvgIpc) is 2.26. The van der Waals surface area contributed by atoms with Crippen LogP contribution >= 0.6 is 0 Å². The number of rotatable bonds is 6. The van der Waals surface area contributed by atoms with Crippen molar-refractivity contribution in [1.29, 1.82) is 0 Å². The maximum absolute atomic E-state index is 12.7. The molecule has 0 aliphatic heterocycles. The summed E-state index contributed by atoms with van der Waals surface area (Å²) in [5, 5.41) is 0. The van der Waals surface area contributed by atoms with Crippen LogP contribution in [0.5, 0.6) is 0 Å². The first-order valence-corrected chi connectivity index (χ1v) is 5.73. The van der Waals surface area contributed by atoms with Crippen molar-refractivity contribution in [2.45, 2.75) is 13.5 Å². The summed E-state index contributed by atoms with van der Waals surface area (Å²) in [7, 11) is 4.15. The van der Waals surface area contributed by atoms with E-state index in [0.717, 1.165) is 26.2 Å². The first kappa shape index (κ1) is 13.1. The lowest BCUT2D eigenvalue weighted by Gasteiger charge is -2.22. The fourth-order valence-corrected chi connectivity index (χ4v) is 1.54. The van der Waals surface area contributed by atoms with Gasteiger partial charge in [0.05, 0.1) is 0 Å². The number of hydrogen-bond donors (Lipinski definition) is 0. The van der Waals surface area contributed by atoms with Gasteiger partial charge in [-0.2, -0.15) is 0 Å². The molecule has 0 unspecified atom stereocenters. The molecule has 3 heteroatoms. The van der Waals surface area contributed by atoms with Gasteiger partial charge in [0, 0.05) is 19.6 Å². The molecule has 0 heterocycles. The summed E-state index contributed by atoms with van der Waals surface area (Å²) >= 11 is 0. The van der Waals surface area contributed by atoms with E-state index >= 15 is 0 Å². The third-order valence-corrected chi connectivity index (χ3v) is 2.63. The van der Waals surface area contributed by atoms with E-state index in [2.05, 4.69) is 30.8 Å². The van der Waals surface area contributed by atoms with Gasteiger partial charge >= 0.3 is 0 Å². The summed E-state index contributed by atoms with van der Waals surface area (Å²) in [4.78, 5) is 4.53. The van der Waals surface area contributed by atoms with Gasteiger partial charge in [0.15, 0.2) is 0 Å². The molecule has 1 aromatic rings.